The summed E-state index contributed by atoms with van der Waals surface area (Å²) < 4.78 is 10.7. The Balaban J connectivity index is 2.18. The number of phenolic OH excluding ortho intramolecular Hbond substituents is 1. The Hall–Kier alpha value is -3.06. The number of allylic oxidation sites excluding steroid dienone is 1. The van der Waals surface area contributed by atoms with Crippen molar-refractivity contribution in [2.45, 2.75) is 67.6 Å². The van der Waals surface area contributed by atoms with Gasteiger partial charge in [0.2, 0.25) is 5.78 Å². The largest absolute Gasteiger partial charge is 0.508 e. The monoisotopic (exact) mass is 598 g/mol. The summed E-state index contributed by atoms with van der Waals surface area (Å²) in [5.41, 5.74) is -4.76. The molecular weight excluding hydrogens is 564 g/mol. The van der Waals surface area contributed by atoms with Gasteiger partial charge >= 0.3 is 0 Å². The molecule has 1 aromatic rings. The number of Topliss-reactive ketones (excluding diaryl/α,β-unsaturated/α-hetero) is 1. The summed E-state index contributed by atoms with van der Waals surface area (Å²) in [6, 6.07) is 5.41. The summed E-state index contributed by atoms with van der Waals surface area (Å²) >= 11 is 0. The van der Waals surface area contributed by atoms with Crippen molar-refractivity contribution in [3.63, 3.8) is 0 Å². The minimum Gasteiger partial charge on any atom is -0.508 e. The number of phenols is 1. The molecule has 0 bridgehead atoms. The molecule has 0 aromatic heterocycles. The summed E-state index contributed by atoms with van der Waals surface area (Å²) in [4.78, 5) is 26.9. The third-order valence-corrected chi connectivity index (χ3v) is 6.99. The number of aromatic hydroxyl groups is 1. The van der Waals surface area contributed by atoms with Crippen LogP contribution in [0.3, 0.4) is 0 Å². The van der Waals surface area contributed by atoms with Crippen molar-refractivity contribution in [2.75, 3.05) is 13.2 Å². The third-order valence-electron chi connectivity index (χ3n) is 6.99. The number of hydrogen-bond donors (Lipinski definition) is 11. The van der Waals surface area contributed by atoms with E-state index in [4.69, 9.17) is 9.47 Å². The van der Waals surface area contributed by atoms with E-state index in [2.05, 4.69) is 0 Å². The first-order chi connectivity index (χ1) is 19.7. The van der Waals surface area contributed by atoms with Gasteiger partial charge in [-0.3, -0.25) is 9.59 Å². The summed E-state index contributed by atoms with van der Waals surface area (Å²) in [6.45, 7) is -0.628. The van der Waals surface area contributed by atoms with Gasteiger partial charge < -0.3 is 65.6 Å². The lowest BCUT2D eigenvalue weighted by molar-refractivity contribution is -0.258. The normalized spacial score (nSPS) is 30.9. The number of aliphatic hydroxyl groups excluding tert-OH is 8. The second kappa shape index (κ2) is 13.5. The lowest BCUT2D eigenvalue weighted by atomic mass is 9.74. The van der Waals surface area contributed by atoms with Crippen molar-refractivity contribution in [3.05, 3.63) is 58.9 Å². The summed E-state index contributed by atoms with van der Waals surface area (Å²) in [7, 11) is 0. The number of carbonyl (C=O) groups excluding carboxylic acids is 2. The molecule has 9 atom stereocenters. The highest BCUT2D eigenvalue weighted by molar-refractivity contribution is 6.29. The van der Waals surface area contributed by atoms with E-state index in [1.165, 1.54) is 37.3 Å². The topological polar surface area (TPSA) is 275 Å². The van der Waals surface area contributed by atoms with E-state index in [9.17, 15) is 65.8 Å². The zero-order valence-corrected chi connectivity index (χ0v) is 22.2. The number of aliphatic hydroxyl groups is 10. The standard InChI is InChI=1S/C27H34O15/c1-11(30)16(9-28)41-23(26(38)39)14-8-27(40,25-22(36)21(35)20(34)17(10-29)42-25)24(37)18(19(14)33)15(32)7-4-12-2-5-13(31)6-3-12/h2-8,11,16-17,20-23,25-26,28-31,33-36,38-40H,9-10H2,1H3/b7-4+. The first kappa shape index (κ1) is 33.4. The van der Waals surface area contributed by atoms with Gasteiger partial charge in [0.1, 0.15) is 59.8 Å². The average Bonchev–Trinajstić information content (AvgIpc) is 2.94. The van der Waals surface area contributed by atoms with Crippen LogP contribution in [0.4, 0.5) is 0 Å². The molecule has 3 rings (SSSR count). The van der Waals surface area contributed by atoms with Crippen LogP contribution in [-0.2, 0) is 19.1 Å². The molecule has 0 radical (unpaired) electrons. The van der Waals surface area contributed by atoms with Crippen molar-refractivity contribution in [3.8, 4) is 5.75 Å². The molecule has 15 nitrogen and oxygen atoms in total. The fraction of sp³-hybridized carbons (Fsp3) is 0.481. The Bertz CT molecular complexity index is 1220. The Kier molecular flexibility index (Phi) is 10.7. The van der Waals surface area contributed by atoms with Gasteiger partial charge in [-0.1, -0.05) is 18.2 Å². The second-order valence-corrected chi connectivity index (χ2v) is 9.95. The van der Waals surface area contributed by atoms with Crippen LogP contribution in [0.2, 0.25) is 0 Å². The van der Waals surface area contributed by atoms with Crippen molar-refractivity contribution in [1.82, 2.24) is 0 Å². The molecule has 11 N–H and O–H groups in total. The van der Waals surface area contributed by atoms with Gasteiger partial charge in [-0.2, -0.15) is 0 Å². The highest BCUT2D eigenvalue weighted by atomic mass is 16.6. The molecular formula is C27H34O15. The van der Waals surface area contributed by atoms with Crippen LogP contribution in [0.1, 0.15) is 12.5 Å². The molecule has 42 heavy (non-hydrogen) atoms. The maximum absolute atomic E-state index is 13.7. The van der Waals surface area contributed by atoms with E-state index in [1.807, 2.05) is 0 Å². The second-order valence-electron chi connectivity index (χ2n) is 9.95. The number of ether oxygens (including phenoxy) is 2. The molecule has 1 saturated heterocycles. The summed E-state index contributed by atoms with van der Waals surface area (Å²) in [5.74, 6) is -4.09. The van der Waals surface area contributed by atoms with Gasteiger partial charge in [0, 0.05) is 5.57 Å². The number of benzene rings is 1. The average molecular weight is 599 g/mol. The van der Waals surface area contributed by atoms with E-state index in [-0.39, 0.29) is 5.75 Å². The molecule has 2 aliphatic rings. The molecule has 1 aliphatic heterocycles. The van der Waals surface area contributed by atoms with Gasteiger partial charge in [-0.05, 0) is 36.8 Å². The first-order valence-electron chi connectivity index (χ1n) is 12.7. The maximum atomic E-state index is 13.7. The van der Waals surface area contributed by atoms with Gasteiger partial charge in [0.25, 0.3) is 0 Å². The smallest absolute Gasteiger partial charge is 0.208 e. The predicted octanol–water partition coefficient (Wildman–Crippen LogP) is -3.69. The van der Waals surface area contributed by atoms with Gasteiger partial charge in [-0.15, -0.1) is 0 Å². The first-order valence-corrected chi connectivity index (χ1v) is 12.7. The van der Waals surface area contributed by atoms with Crippen LogP contribution < -0.4 is 0 Å². The predicted molar refractivity (Wildman–Crippen MR) is 139 cm³/mol. The van der Waals surface area contributed by atoms with Crippen LogP contribution >= 0.6 is 0 Å². The Morgan fingerprint density at radius 1 is 1.05 bits per heavy atom. The highest BCUT2D eigenvalue weighted by Crippen LogP contribution is 2.39. The van der Waals surface area contributed by atoms with Crippen LogP contribution in [0.25, 0.3) is 6.08 Å². The summed E-state index contributed by atoms with van der Waals surface area (Å²) in [5, 5.41) is 112. The quantitative estimate of drug-likeness (QED) is 0.0664. The van der Waals surface area contributed by atoms with Crippen molar-refractivity contribution < 1.29 is 75.2 Å². The Labute approximate surface area is 238 Å². The number of hydrogen-bond acceptors (Lipinski definition) is 15. The summed E-state index contributed by atoms with van der Waals surface area (Å²) in [6.07, 6.45) is -15.1. The Morgan fingerprint density at radius 2 is 1.67 bits per heavy atom. The van der Waals surface area contributed by atoms with Crippen LogP contribution in [-0.4, -0.2) is 142 Å². The third kappa shape index (κ3) is 6.61. The van der Waals surface area contributed by atoms with E-state index in [0.29, 0.717) is 11.6 Å². The van der Waals surface area contributed by atoms with E-state index >= 15 is 0 Å². The van der Waals surface area contributed by atoms with Gasteiger partial charge in [0.05, 0.1) is 19.3 Å². The molecule has 0 amide bonds. The number of rotatable bonds is 11. The molecule has 1 aromatic carbocycles. The molecule has 1 aliphatic carbocycles. The fourth-order valence-electron chi connectivity index (χ4n) is 4.59. The SMILES string of the molecule is CC(O)C(CO)OC(C1=CC(O)(C2OC(CO)C(O)C(O)C2O)C(=O)C(C(=O)/C=C/c2ccc(O)cc2)=C1O)C(O)O. The van der Waals surface area contributed by atoms with Crippen LogP contribution in [0, 0.1) is 0 Å². The molecule has 0 saturated carbocycles. The van der Waals surface area contributed by atoms with Crippen molar-refractivity contribution in [2.24, 2.45) is 0 Å². The number of ketones is 2. The van der Waals surface area contributed by atoms with Crippen molar-refractivity contribution >= 4 is 17.6 Å². The Morgan fingerprint density at radius 3 is 2.19 bits per heavy atom. The van der Waals surface area contributed by atoms with E-state index in [1.54, 1.807) is 0 Å². The minimum absolute atomic E-state index is 0.0763. The van der Waals surface area contributed by atoms with Gasteiger partial charge in [0.15, 0.2) is 17.7 Å². The molecule has 9 unspecified atom stereocenters. The van der Waals surface area contributed by atoms with Crippen molar-refractivity contribution in [1.29, 1.82) is 0 Å². The number of carbonyl (C=O) groups is 2. The maximum Gasteiger partial charge on any atom is 0.208 e. The zero-order valence-electron chi connectivity index (χ0n) is 22.2. The molecule has 0 spiro atoms. The van der Waals surface area contributed by atoms with E-state index in [0.717, 1.165) is 6.08 Å². The molecule has 1 fully saturated rings. The lowest BCUT2D eigenvalue weighted by Crippen LogP contribution is -2.67. The highest BCUT2D eigenvalue weighted by Gasteiger charge is 2.58. The molecule has 1 heterocycles. The van der Waals surface area contributed by atoms with Crippen LogP contribution in [0.5, 0.6) is 5.75 Å². The van der Waals surface area contributed by atoms with E-state index < -0.39 is 102 Å². The van der Waals surface area contributed by atoms with Gasteiger partial charge in [-0.25, -0.2) is 0 Å². The lowest BCUT2D eigenvalue weighted by Gasteiger charge is -2.46. The van der Waals surface area contributed by atoms with Crippen LogP contribution in [0.15, 0.2) is 53.3 Å². The molecule has 15 heteroatoms. The fourth-order valence-corrected chi connectivity index (χ4v) is 4.59. The molecule has 232 valence electrons. The minimum atomic E-state index is -3.16. The zero-order chi connectivity index (χ0) is 31.5.